The Hall–Kier alpha value is -0.670. The molecule has 0 amide bonds. The van der Waals surface area contributed by atoms with Crippen LogP contribution in [0.25, 0.3) is 0 Å². The van der Waals surface area contributed by atoms with Crippen molar-refractivity contribution >= 4 is 10.8 Å². The van der Waals surface area contributed by atoms with Crippen LogP contribution in [-0.2, 0) is 17.2 Å². The summed E-state index contributed by atoms with van der Waals surface area (Å²) < 4.78 is 11.3. The number of nitrogens with one attached hydrogen (secondary N) is 1. The predicted octanol–water partition coefficient (Wildman–Crippen LogP) is 2.67. The quantitative estimate of drug-likeness (QED) is 0.809. The average molecular weight is 253 g/mol. The van der Waals surface area contributed by atoms with Crippen LogP contribution < -0.4 is 5.32 Å². The van der Waals surface area contributed by atoms with Gasteiger partial charge in [-0.3, -0.25) is 4.21 Å². The third-order valence-corrected chi connectivity index (χ3v) is 4.29. The van der Waals surface area contributed by atoms with Gasteiger partial charge in [0.2, 0.25) is 0 Å². The van der Waals surface area contributed by atoms with E-state index in [1.165, 1.54) is 11.1 Å². The second-order valence-corrected chi connectivity index (χ2v) is 6.07. The molecule has 0 spiro atoms. The van der Waals surface area contributed by atoms with E-state index in [4.69, 9.17) is 0 Å². The molecule has 0 fully saturated rings. The number of rotatable bonds is 7. The fraction of sp³-hybridized carbons (Fsp3) is 0.571. The first-order valence-corrected chi connectivity index (χ1v) is 7.83. The lowest BCUT2D eigenvalue weighted by Crippen LogP contribution is -2.24. The van der Waals surface area contributed by atoms with Crippen molar-refractivity contribution in [1.82, 2.24) is 5.32 Å². The Morgan fingerprint density at radius 1 is 1.24 bits per heavy atom. The first-order valence-electron chi connectivity index (χ1n) is 6.34. The summed E-state index contributed by atoms with van der Waals surface area (Å²) in [5, 5.41) is 3.41. The van der Waals surface area contributed by atoms with Crippen molar-refractivity contribution in [2.75, 3.05) is 18.1 Å². The Labute approximate surface area is 107 Å². The summed E-state index contributed by atoms with van der Waals surface area (Å²) in [5.41, 5.74) is 2.66. The summed E-state index contributed by atoms with van der Waals surface area (Å²) in [5.74, 6) is 1.50. The monoisotopic (exact) mass is 253 g/mol. The summed E-state index contributed by atoms with van der Waals surface area (Å²) in [6.07, 6.45) is 1.08. The second kappa shape index (κ2) is 7.62. The van der Waals surface area contributed by atoms with E-state index < -0.39 is 10.8 Å². The third-order valence-electron chi connectivity index (χ3n) is 2.99. The Kier molecular flexibility index (Phi) is 6.45. The molecule has 96 valence electrons. The lowest BCUT2D eigenvalue weighted by atomic mass is 10.1. The van der Waals surface area contributed by atoms with Gasteiger partial charge >= 0.3 is 0 Å². The molecule has 0 bridgehead atoms. The van der Waals surface area contributed by atoms with Gasteiger partial charge in [-0.2, -0.15) is 0 Å². The zero-order chi connectivity index (χ0) is 12.7. The molecule has 0 radical (unpaired) electrons. The average Bonchev–Trinajstić information content (AvgIpc) is 2.38. The number of aryl methyl sites for hydroxylation is 1. The van der Waals surface area contributed by atoms with Crippen LogP contribution in [0.1, 0.15) is 37.9 Å². The highest BCUT2D eigenvalue weighted by Gasteiger charge is 2.04. The molecule has 17 heavy (non-hydrogen) atoms. The molecule has 0 aliphatic heterocycles. The maximum Gasteiger partial charge on any atom is 0.0360 e. The third kappa shape index (κ3) is 5.00. The molecule has 0 aliphatic carbocycles. The first kappa shape index (κ1) is 14.4. The molecule has 0 aromatic heterocycles. The van der Waals surface area contributed by atoms with E-state index in [-0.39, 0.29) is 0 Å². The molecule has 1 N–H and O–H groups in total. The highest BCUT2D eigenvalue weighted by atomic mass is 32.2. The minimum Gasteiger partial charge on any atom is -0.309 e. The van der Waals surface area contributed by atoms with Crippen molar-refractivity contribution in [2.45, 2.75) is 33.2 Å². The fourth-order valence-electron chi connectivity index (χ4n) is 1.69. The summed E-state index contributed by atoms with van der Waals surface area (Å²) in [6.45, 7) is 7.09. The van der Waals surface area contributed by atoms with E-state index in [0.29, 0.717) is 6.04 Å². The maximum atomic E-state index is 11.3. The summed E-state index contributed by atoms with van der Waals surface area (Å²) in [7, 11) is -0.667. The number of benzene rings is 1. The highest BCUT2D eigenvalue weighted by molar-refractivity contribution is 7.84. The molecule has 2 atom stereocenters. The summed E-state index contributed by atoms with van der Waals surface area (Å²) in [6, 6.07) is 9.03. The zero-order valence-electron chi connectivity index (χ0n) is 11.0. The van der Waals surface area contributed by atoms with Crippen LogP contribution in [-0.4, -0.2) is 22.3 Å². The smallest absolute Gasteiger partial charge is 0.0360 e. The zero-order valence-corrected chi connectivity index (χ0v) is 11.8. The van der Waals surface area contributed by atoms with Gasteiger partial charge in [0.1, 0.15) is 0 Å². The van der Waals surface area contributed by atoms with Gasteiger partial charge in [-0.25, -0.2) is 0 Å². The molecule has 1 aromatic rings. The van der Waals surface area contributed by atoms with Gasteiger partial charge in [-0.15, -0.1) is 0 Å². The predicted molar refractivity (Wildman–Crippen MR) is 75.8 cm³/mol. The van der Waals surface area contributed by atoms with Crippen molar-refractivity contribution in [3.63, 3.8) is 0 Å². The molecular formula is C14H23NOS. The Morgan fingerprint density at radius 2 is 1.88 bits per heavy atom. The van der Waals surface area contributed by atoms with E-state index in [2.05, 4.69) is 43.4 Å². The maximum absolute atomic E-state index is 11.3. The Bertz CT molecular complexity index is 348. The van der Waals surface area contributed by atoms with Crippen LogP contribution in [0.2, 0.25) is 0 Å². The molecule has 1 rings (SSSR count). The van der Waals surface area contributed by atoms with Gasteiger partial charge in [-0.05, 0) is 24.5 Å². The number of hydrogen-bond acceptors (Lipinski definition) is 2. The van der Waals surface area contributed by atoms with E-state index >= 15 is 0 Å². The molecule has 0 saturated carbocycles. The largest absolute Gasteiger partial charge is 0.309 e. The van der Waals surface area contributed by atoms with E-state index in [1.54, 1.807) is 0 Å². The molecular weight excluding hydrogens is 230 g/mol. The van der Waals surface area contributed by atoms with Crippen LogP contribution in [0, 0.1) is 0 Å². The van der Waals surface area contributed by atoms with Gasteiger partial charge in [0.25, 0.3) is 0 Å². The van der Waals surface area contributed by atoms with Crippen molar-refractivity contribution in [2.24, 2.45) is 0 Å². The van der Waals surface area contributed by atoms with Crippen molar-refractivity contribution in [3.8, 4) is 0 Å². The highest BCUT2D eigenvalue weighted by Crippen LogP contribution is 2.13. The van der Waals surface area contributed by atoms with E-state index in [1.807, 2.05) is 6.92 Å². The van der Waals surface area contributed by atoms with Crippen LogP contribution in [0.5, 0.6) is 0 Å². The Morgan fingerprint density at radius 3 is 2.41 bits per heavy atom. The summed E-state index contributed by atoms with van der Waals surface area (Å²) >= 11 is 0. The lowest BCUT2D eigenvalue weighted by molar-refractivity contribution is 0.596. The van der Waals surface area contributed by atoms with Crippen molar-refractivity contribution in [1.29, 1.82) is 0 Å². The van der Waals surface area contributed by atoms with Gasteiger partial charge < -0.3 is 5.32 Å². The standard InChI is InChI=1S/C14H23NOS/c1-4-13-6-8-14(9-7-13)12(3)15-10-11-17(16)5-2/h6-9,12,15H,4-5,10-11H2,1-3H3. The molecule has 2 unspecified atom stereocenters. The molecule has 0 aliphatic rings. The lowest BCUT2D eigenvalue weighted by Gasteiger charge is -2.14. The fourth-order valence-corrected chi connectivity index (χ4v) is 2.33. The number of hydrogen-bond donors (Lipinski definition) is 1. The van der Waals surface area contributed by atoms with Crippen LogP contribution in [0.4, 0.5) is 0 Å². The molecule has 1 aromatic carbocycles. The Balaban J connectivity index is 2.40. The van der Waals surface area contributed by atoms with Crippen LogP contribution >= 0.6 is 0 Å². The van der Waals surface area contributed by atoms with Crippen LogP contribution in [0.15, 0.2) is 24.3 Å². The SMILES string of the molecule is CCc1ccc(C(C)NCCS(=O)CC)cc1. The van der Waals surface area contributed by atoms with Gasteiger partial charge in [0, 0.05) is 34.9 Å². The van der Waals surface area contributed by atoms with Crippen molar-refractivity contribution < 1.29 is 4.21 Å². The first-order chi connectivity index (χ1) is 8.17. The van der Waals surface area contributed by atoms with Gasteiger partial charge in [0.15, 0.2) is 0 Å². The van der Waals surface area contributed by atoms with Gasteiger partial charge in [0.05, 0.1) is 0 Å². The molecule has 0 heterocycles. The van der Waals surface area contributed by atoms with Crippen molar-refractivity contribution in [3.05, 3.63) is 35.4 Å². The molecule has 3 heteroatoms. The normalized spacial score (nSPS) is 14.5. The topological polar surface area (TPSA) is 29.1 Å². The minimum absolute atomic E-state index is 0.328. The van der Waals surface area contributed by atoms with E-state index in [9.17, 15) is 4.21 Å². The molecule has 0 saturated heterocycles. The summed E-state index contributed by atoms with van der Waals surface area (Å²) in [4.78, 5) is 0. The van der Waals surface area contributed by atoms with Gasteiger partial charge in [-0.1, -0.05) is 38.1 Å². The second-order valence-electron chi connectivity index (χ2n) is 4.20. The molecule has 2 nitrogen and oxygen atoms in total. The van der Waals surface area contributed by atoms with Crippen LogP contribution in [0.3, 0.4) is 0 Å². The van der Waals surface area contributed by atoms with E-state index in [0.717, 1.165) is 24.5 Å². The minimum atomic E-state index is -0.667.